The van der Waals surface area contributed by atoms with E-state index in [1.54, 1.807) is 0 Å². The number of rotatable bonds is 4. The normalized spacial score (nSPS) is 21.5. The fourth-order valence-corrected chi connectivity index (χ4v) is 2.80. The van der Waals surface area contributed by atoms with E-state index in [1.165, 1.54) is 18.0 Å². The van der Waals surface area contributed by atoms with Gasteiger partial charge in [0.1, 0.15) is 0 Å². The van der Waals surface area contributed by atoms with Crippen LogP contribution in [0.1, 0.15) is 47.0 Å². The quantitative estimate of drug-likeness (QED) is 0.832. The third-order valence-corrected chi connectivity index (χ3v) is 3.99. The Labute approximate surface area is 137 Å². The minimum Gasteiger partial charge on any atom is -0.395 e. The Hall–Kier alpha value is -0.200. The molecule has 0 aromatic rings. The van der Waals surface area contributed by atoms with Crippen LogP contribution in [0.25, 0.3) is 0 Å². The zero-order chi connectivity index (χ0) is 16.8. The molecule has 22 heavy (non-hydrogen) atoms. The van der Waals surface area contributed by atoms with Crippen molar-refractivity contribution < 1.29 is 10.3 Å². The number of aliphatic hydroxyl groups is 1. The Bertz CT molecular complexity index is 226. The molecule has 2 aliphatic heterocycles. The zero-order valence-corrected chi connectivity index (χ0v) is 15.3. The van der Waals surface area contributed by atoms with Gasteiger partial charge in [0.25, 0.3) is 0 Å². The lowest BCUT2D eigenvalue weighted by Gasteiger charge is -2.37. The number of hydrogen-bond donors (Lipinski definition) is 2. The number of hydrogen-bond acceptors (Lipinski definition) is 5. The van der Waals surface area contributed by atoms with E-state index in [0.29, 0.717) is 0 Å². The number of β-amino-alcohol motifs (C(OH)–C–C–N with tert-alkyl or cyclic N) is 1. The zero-order valence-electron chi connectivity index (χ0n) is 15.3. The van der Waals surface area contributed by atoms with Crippen molar-refractivity contribution in [2.45, 2.75) is 47.0 Å². The number of piperidine rings is 1. The summed E-state index contributed by atoms with van der Waals surface area (Å²) in [4.78, 5) is 4.86. The van der Waals surface area contributed by atoms with Crippen LogP contribution in [0.4, 0.5) is 0 Å². The maximum Gasteiger partial charge on any atom is 0.0558 e. The second kappa shape index (κ2) is 14.4. The van der Waals surface area contributed by atoms with Crippen molar-refractivity contribution in [2.75, 3.05) is 59.0 Å². The minimum atomic E-state index is 0.273. The Morgan fingerprint density at radius 2 is 1.32 bits per heavy atom. The van der Waals surface area contributed by atoms with Crippen molar-refractivity contribution in [3.63, 3.8) is 0 Å². The van der Waals surface area contributed by atoms with Gasteiger partial charge in [0.15, 0.2) is 0 Å². The third-order valence-electron chi connectivity index (χ3n) is 3.99. The number of hydroxylamine groups is 2. The predicted octanol–water partition coefficient (Wildman–Crippen LogP) is 2.14. The molecule has 0 aliphatic carbocycles. The van der Waals surface area contributed by atoms with Gasteiger partial charge >= 0.3 is 0 Å². The lowest BCUT2D eigenvalue weighted by Crippen LogP contribution is -2.49. The monoisotopic (exact) mass is 317 g/mol. The summed E-state index contributed by atoms with van der Waals surface area (Å²) in [5.41, 5.74) is 0. The van der Waals surface area contributed by atoms with Gasteiger partial charge in [-0.25, -0.2) is 0 Å². The summed E-state index contributed by atoms with van der Waals surface area (Å²) in [6.45, 7) is 16.6. The first-order chi connectivity index (χ1) is 10.7. The van der Waals surface area contributed by atoms with Gasteiger partial charge < -0.3 is 15.2 Å². The number of aliphatic hydroxyl groups excluding tert-OH is 1. The average molecular weight is 318 g/mol. The van der Waals surface area contributed by atoms with Crippen molar-refractivity contribution in [1.29, 1.82) is 0 Å². The largest absolute Gasteiger partial charge is 0.395 e. The van der Waals surface area contributed by atoms with Crippen LogP contribution in [0.15, 0.2) is 0 Å². The van der Waals surface area contributed by atoms with Crippen LogP contribution in [0.5, 0.6) is 0 Å². The van der Waals surface area contributed by atoms with Gasteiger partial charge in [-0.05, 0) is 18.8 Å². The first kappa shape index (κ1) is 21.8. The van der Waals surface area contributed by atoms with Crippen LogP contribution >= 0.6 is 0 Å². The molecule has 2 N–H and O–H groups in total. The molecule has 0 unspecified atom stereocenters. The summed E-state index contributed by atoms with van der Waals surface area (Å²) >= 11 is 0. The molecule has 5 heteroatoms. The van der Waals surface area contributed by atoms with E-state index in [2.05, 4.69) is 23.6 Å². The van der Waals surface area contributed by atoms with Crippen LogP contribution in [0.3, 0.4) is 0 Å². The molecule has 0 atom stereocenters. The van der Waals surface area contributed by atoms with Crippen LogP contribution in [0, 0.1) is 5.92 Å². The first-order valence-corrected chi connectivity index (χ1v) is 9.19. The Balaban J connectivity index is 0.000000789. The van der Waals surface area contributed by atoms with Gasteiger partial charge in [0.05, 0.1) is 6.61 Å². The van der Waals surface area contributed by atoms with E-state index in [-0.39, 0.29) is 6.61 Å². The van der Waals surface area contributed by atoms with Crippen LogP contribution in [0.2, 0.25) is 0 Å². The Morgan fingerprint density at radius 3 is 1.77 bits per heavy atom. The van der Waals surface area contributed by atoms with Crippen molar-refractivity contribution in [2.24, 2.45) is 5.92 Å². The number of nitrogens with zero attached hydrogens (tertiary/aromatic N) is 3. The molecule has 134 valence electrons. The smallest absolute Gasteiger partial charge is 0.0558 e. The molecule has 0 aromatic carbocycles. The van der Waals surface area contributed by atoms with Gasteiger partial charge in [-0.3, -0.25) is 4.90 Å². The van der Waals surface area contributed by atoms with Gasteiger partial charge in [-0.15, -0.1) is 0 Å². The first-order valence-electron chi connectivity index (χ1n) is 9.19. The van der Waals surface area contributed by atoms with E-state index >= 15 is 0 Å². The fourth-order valence-electron chi connectivity index (χ4n) is 2.80. The molecule has 2 fully saturated rings. The summed E-state index contributed by atoms with van der Waals surface area (Å²) < 4.78 is 0. The second-order valence-electron chi connectivity index (χ2n) is 5.97. The molecule has 2 rings (SSSR count). The molecule has 0 bridgehead atoms. The molecule has 0 saturated carbocycles. The van der Waals surface area contributed by atoms with E-state index < -0.39 is 0 Å². The molecule has 2 heterocycles. The van der Waals surface area contributed by atoms with Crippen LogP contribution < -0.4 is 0 Å². The van der Waals surface area contributed by atoms with E-state index in [0.717, 1.165) is 64.6 Å². The maximum atomic E-state index is 9.32. The fraction of sp³-hybridized carbons (Fsp3) is 1.00. The molecule has 0 aromatic heterocycles. The summed E-state index contributed by atoms with van der Waals surface area (Å²) in [6, 6.07) is 0. The molecule has 0 radical (unpaired) electrons. The molecule has 5 nitrogen and oxygen atoms in total. The summed E-state index contributed by atoms with van der Waals surface area (Å²) in [7, 11) is 0. The molecule has 0 amide bonds. The maximum absolute atomic E-state index is 9.32. The van der Waals surface area contributed by atoms with Gasteiger partial charge in [0.2, 0.25) is 0 Å². The van der Waals surface area contributed by atoms with Crippen molar-refractivity contribution >= 4 is 0 Å². The lowest BCUT2D eigenvalue weighted by atomic mass is 9.97. The second-order valence-corrected chi connectivity index (χ2v) is 5.97. The van der Waals surface area contributed by atoms with E-state index in [9.17, 15) is 5.21 Å². The van der Waals surface area contributed by atoms with E-state index in [1.807, 2.05) is 13.8 Å². The highest BCUT2D eigenvalue weighted by Gasteiger charge is 2.22. The molecule has 2 saturated heterocycles. The molecule has 0 spiro atoms. The Morgan fingerprint density at radius 1 is 0.864 bits per heavy atom. The standard InChI is InChI=1S/C12H25N3O2.C3H8.C2H6/c16-10-9-13-5-7-14(8-6-13)11-12-1-3-15(17)4-2-12;1-3-2;1-2/h12,16-17H,1-11H2;3H2,1-2H3;1-2H3. The van der Waals surface area contributed by atoms with Crippen molar-refractivity contribution in [3.8, 4) is 0 Å². The molecular weight excluding hydrogens is 278 g/mol. The minimum absolute atomic E-state index is 0.273. The molecule has 2 aliphatic rings. The SMILES string of the molecule is CC.CCC.OCCN1CCN(CC2CCN(O)CC2)CC1. The topological polar surface area (TPSA) is 50.2 Å². The highest BCUT2D eigenvalue weighted by molar-refractivity contribution is 4.76. The predicted molar refractivity (Wildman–Crippen MR) is 93.4 cm³/mol. The number of piperazine rings is 1. The van der Waals surface area contributed by atoms with Gasteiger partial charge in [-0.1, -0.05) is 34.1 Å². The summed E-state index contributed by atoms with van der Waals surface area (Å²) in [6.07, 6.45) is 3.49. The average Bonchev–Trinajstić information content (AvgIpc) is 2.54. The third kappa shape index (κ3) is 9.74. The highest BCUT2D eigenvalue weighted by atomic mass is 16.5. The van der Waals surface area contributed by atoms with Crippen LogP contribution in [-0.2, 0) is 0 Å². The highest BCUT2D eigenvalue weighted by Crippen LogP contribution is 2.17. The van der Waals surface area contributed by atoms with Gasteiger partial charge in [-0.2, -0.15) is 5.06 Å². The van der Waals surface area contributed by atoms with Crippen molar-refractivity contribution in [1.82, 2.24) is 14.9 Å². The van der Waals surface area contributed by atoms with Crippen LogP contribution in [-0.4, -0.2) is 84.1 Å². The lowest BCUT2D eigenvalue weighted by molar-refractivity contribution is -0.113. The van der Waals surface area contributed by atoms with E-state index in [4.69, 9.17) is 5.11 Å². The van der Waals surface area contributed by atoms with Crippen molar-refractivity contribution in [3.05, 3.63) is 0 Å². The van der Waals surface area contributed by atoms with Gasteiger partial charge in [0, 0.05) is 52.4 Å². The Kier molecular flexibility index (Phi) is 14.3. The molecular formula is C17H39N3O2. The summed E-state index contributed by atoms with van der Waals surface area (Å²) in [5, 5.41) is 19.6. The summed E-state index contributed by atoms with van der Waals surface area (Å²) in [5.74, 6) is 0.753.